The SMILES string of the molecule is O=c1ccc2cc3c(cc2o1)oc1c(C(F)(F)F)ccc(C(F)(F)F)c13. The van der Waals surface area contributed by atoms with Crippen LogP contribution in [0.25, 0.3) is 32.9 Å². The van der Waals surface area contributed by atoms with Crippen LogP contribution in [0.3, 0.4) is 0 Å². The van der Waals surface area contributed by atoms with Gasteiger partial charge >= 0.3 is 18.0 Å². The Morgan fingerprint density at radius 3 is 2.04 bits per heavy atom. The van der Waals surface area contributed by atoms with Gasteiger partial charge in [-0.1, -0.05) is 0 Å². The molecule has 4 aromatic rings. The number of furan rings is 1. The van der Waals surface area contributed by atoms with Gasteiger partial charge in [-0.05, 0) is 24.3 Å². The smallest absolute Gasteiger partial charge is 0.420 e. The number of hydrogen-bond acceptors (Lipinski definition) is 3. The monoisotopic (exact) mass is 372 g/mol. The van der Waals surface area contributed by atoms with Crippen molar-refractivity contribution in [3.05, 3.63) is 57.9 Å². The molecular formula is C17H6F6O3. The molecule has 0 amide bonds. The van der Waals surface area contributed by atoms with E-state index in [2.05, 4.69) is 0 Å². The number of rotatable bonds is 0. The second-order valence-electron chi connectivity index (χ2n) is 5.60. The Morgan fingerprint density at radius 2 is 1.38 bits per heavy atom. The minimum Gasteiger partial charge on any atom is -0.455 e. The summed E-state index contributed by atoms with van der Waals surface area (Å²) >= 11 is 0. The van der Waals surface area contributed by atoms with Gasteiger partial charge in [0, 0.05) is 28.3 Å². The fourth-order valence-corrected chi connectivity index (χ4v) is 2.90. The highest BCUT2D eigenvalue weighted by Crippen LogP contribution is 2.45. The van der Waals surface area contributed by atoms with Gasteiger partial charge in [0.1, 0.15) is 16.7 Å². The average molecular weight is 372 g/mol. The average Bonchev–Trinajstić information content (AvgIpc) is 2.87. The van der Waals surface area contributed by atoms with Crippen LogP contribution in [0.2, 0.25) is 0 Å². The molecule has 0 saturated heterocycles. The molecule has 134 valence electrons. The van der Waals surface area contributed by atoms with Crippen LogP contribution in [0.1, 0.15) is 11.1 Å². The number of fused-ring (bicyclic) bond motifs is 4. The Labute approximate surface area is 139 Å². The highest BCUT2D eigenvalue weighted by molar-refractivity contribution is 6.11. The van der Waals surface area contributed by atoms with Crippen molar-refractivity contribution in [3.63, 3.8) is 0 Å². The largest absolute Gasteiger partial charge is 0.455 e. The van der Waals surface area contributed by atoms with Crippen molar-refractivity contribution < 1.29 is 35.2 Å². The van der Waals surface area contributed by atoms with E-state index in [1.54, 1.807) is 0 Å². The van der Waals surface area contributed by atoms with Crippen LogP contribution in [-0.4, -0.2) is 0 Å². The van der Waals surface area contributed by atoms with Gasteiger partial charge in [0.15, 0.2) is 0 Å². The summed E-state index contributed by atoms with van der Waals surface area (Å²) in [6.45, 7) is 0. The Kier molecular flexibility index (Phi) is 3.19. The van der Waals surface area contributed by atoms with Crippen LogP contribution in [0.4, 0.5) is 26.3 Å². The Hall–Kier alpha value is -2.97. The predicted molar refractivity (Wildman–Crippen MR) is 79.8 cm³/mol. The number of halogens is 6. The van der Waals surface area contributed by atoms with Crippen molar-refractivity contribution in [2.24, 2.45) is 0 Å². The van der Waals surface area contributed by atoms with Gasteiger partial charge in [0.2, 0.25) is 0 Å². The maximum atomic E-state index is 13.3. The third kappa shape index (κ3) is 2.42. The minimum atomic E-state index is -4.90. The molecule has 2 heterocycles. The third-order valence-electron chi connectivity index (χ3n) is 3.97. The van der Waals surface area contributed by atoms with Crippen molar-refractivity contribution in [2.45, 2.75) is 12.4 Å². The van der Waals surface area contributed by atoms with Crippen LogP contribution in [-0.2, 0) is 12.4 Å². The van der Waals surface area contributed by atoms with Crippen molar-refractivity contribution in [3.8, 4) is 0 Å². The molecule has 0 spiro atoms. The maximum absolute atomic E-state index is 13.3. The molecule has 0 radical (unpaired) electrons. The highest BCUT2D eigenvalue weighted by atomic mass is 19.4. The van der Waals surface area contributed by atoms with Gasteiger partial charge in [0.05, 0.1) is 11.1 Å². The molecule has 9 heteroatoms. The predicted octanol–water partition coefficient (Wildman–Crippen LogP) is 5.73. The van der Waals surface area contributed by atoms with Gasteiger partial charge in [-0.25, -0.2) is 4.79 Å². The second kappa shape index (κ2) is 5.03. The summed E-state index contributed by atoms with van der Waals surface area (Å²) < 4.78 is 89.6. The van der Waals surface area contributed by atoms with E-state index < -0.39 is 40.1 Å². The van der Waals surface area contributed by atoms with Crippen molar-refractivity contribution in [1.82, 2.24) is 0 Å². The van der Waals surface area contributed by atoms with E-state index in [9.17, 15) is 31.1 Å². The van der Waals surface area contributed by atoms with Crippen LogP contribution in [0.15, 0.2) is 50.0 Å². The van der Waals surface area contributed by atoms with Crippen molar-refractivity contribution in [2.75, 3.05) is 0 Å². The lowest BCUT2D eigenvalue weighted by Crippen LogP contribution is -2.09. The van der Waals surface area contributed by atoms with Gasteiger partial charge in [-0.2, -0.15) is 26.3 Å². The molecule has 0 unspecified atom stereocenters. The first-order valence-electron chi connectivity index (χ1n) is 7.13. The summed E-state index contributed by atoms with van der Waals surface area (Å²) in [4.78, 5) is 11.3. The lowest BCUT2D eigenvalue weighted by Gasteiger charge is -2.12. The minimum absolute atomic E-state index is 0.00817. The number of alkyl halides is 6. The van der Waals surface area contributed by atoms with E-state index in [0.717, 1.165) is 12.1 Å². The summed E-state index contributed by atoms with van der Waals surface area (Å²) in [5.41, 5.74) is -4.44. The Balaban J connectivity index is 2.23. The molecule has 26 heavy (non-hydrogen) atoms. The molecule has 4 rings (SSSR count). The van der Waals surface area contributed by atoms with Crippen LogP contribution < -0.4 is 5.63 Å². The molecule has 0 atom stereocenters. The van der Waals surface area contributed by atoms with Gasteiger partial charge < -0.3 is 8.83 Å². The summed E-state index contributed by atoms with van der Waals surface area (Å²) in [6.07, 6.45) is -9.78. The number of benzene rings is 2. The first kappa shape index (κ1) is 16.5. The van der Waals surface area contributed by atoms with E-state index in [0.29, 0.717) is 12.1 Å². The fourth-order valence-electron chi connectivity index (χ4n) is 2.90. The molecule has 0 fully saturated rings. The first-order chi connectivity index (χ1) is 12.1. The molecule has 0 aliphatic rings. The van der Waals surface area contributed by atoms with Gasteiger partial charge in [-0.3, -0.25) is 0 Å². The van der Waals surface area contributed by atoms with Crippen molar-refractivity contribution >= 4 is 32.9 Å². The van der Waals surface area contributed by atoms with Crippen molar-refractivity contribution in [1.29, 1.82) is 0 Å². The second-order valence-corrected chi connectivity index (χ2v) is 5.60. The zero-order valence-corrected chi connectivity index (χ0v) is 12.5. The molecule has 0 aliphatic heterocycles. The summed E-state index contributed by atoms with van der Waals surface area (Å²) in [5, 5.41) is -0.583. The fraction of sp³-hybridized carbons (Fsp3) is 0.118. The highest BCUT2D eigenvalue weighted by Gasteiger charge is 2.40. The van der Waals surface area contributed by atoms with E-state index in [4.69, 9.17) is 8.83 Å². The normalized spacial score (nSPS) is 13.2. The summed E-state index contributed by atoms with van der Waals surface area (Å²) in [6, 6.07) is 5.40. The maximum Gasteiger partial charge on any atom is 0.420 e. The van der Waals surface area contributed by atoms with E-state index in [-0.39, 0.29) is 21.9 Å². The molecule has 2 aromatic carbocycles. The molecule has 0 saturated carbocycles. The Bertz CT molecular complexity index is 1230. The van der Waals surface area contributed by atoms with Crippen LogP contribution >= 0.6 is 0 Å². The molecular weight excluding hydrogens is 366 g/mol. The topological polar surface area (TPSA) is 43.4 Å². The third-order valence-corrected chi connectivity index (χ3v) is 3.97. The van der Waals surface area contributed by atoms with Crippen LogP contribution in [0.5, 0.6) is 0 Å². The zero-order valence-electron chi connectivity index (χ0n) is 12.5. The molecule has 3 nitrogen and oxygen atoms in total. The zero-order chi connectivity index (χ0) is 18.9. The van der Waals surface area contributed by atoms with Crippen LogP contribution in [0, 0.1) is 0 Å². The lowest BCUT2D eigenvalue weighted by molar-refractivity contribution is -0.139. The van der Waals surface area contributed by atoms with Gasteiger partial charge in [-0.15, -0.1) is 0 Å². The summed E-state index contributed by atoms with van der Waals surface area (Å²) in [5.74, 6) is 0. The lowest BCUT2D eigenvalue weighted by atomic mass is 10.0. The quantitative estimate of drug-likeness (QED) is 0.292. The summed E-state index contributed by atoms with van der Waals surface area (Å²) in [7, 11) is 0. The van der Waals surface area contributed by atoms with E-state index in [1.807, 2.05) is 0 Å². The number of hydrogen-bond donors (Lipinski definition) is 0. The molecule has 0 bridgehead atoms. The molecule has 0 N–H and O–H groups in total. The molecule has 0 aliphatic carbocycles. The van der Waals surface area contributed by atoms with Gasteiger partial charge in [0.25, 0.3) is 0 Å². The van der Waals surface area contributed by atoms with E-state index >= 15 is 0 Å². The standard InChI is InChI=1S/C17H6F6O3/c18-16(19,20)9-2-3-10(17(21,22)23)15-14(9)8-5-7-1-4-13(24)25-11(7)6-12(8)26-15/h1-6H. The first-order valence-corrected chi connectivity index (χ1v) is 7.13. The molecule has 2 aromatic heterocycles. The Morgan fingerprint density at radius 1 is 0.731 bits per heavy atom. The van der Waals surface area contributed by atoms with E-state index in [1.165, 1.54) is 12.1 Å².